The summed E-state index contributed by atoms with van der Waals surface area (Å²) in [4.78, 5) is 57.0. The van der Waals surface area contributed by atoms with E-state index in [0.29, 0.717) is 30.0 Å². The molecule has 0 aliphatic carbocycles. The van der Waals surface area contributed by atoms with Gasteiger partial charge in [0.05, 0.1) is 30.9 Å². The fourth-order valence-electron chi connectivity index (χ4n) is 4.64. The molecule has 2 aliphatic heterocycles. The van der Waals surface area contributed by atoms with Crippen LogP contribution in [0.25, 0.3) is 0 Å². The zero-order valence-electron chi connectivity index (χ0n) is 20.9. The number of amides is 4. The number of likely N-dealkylation sites (N-methyl/N-ethyl adjacent to an activating group) is 1. The van der Waals surface area contributed by atoms with Gasteiger partial charge in [-0.1, -0.05) is 26.0 Å². The second kappa shape index (κ2) is 10.9. The molecule has 0 aromatic heterocycles. The van der Waals surface area contributed by atoms with E-state index >= 15 is 0 Å². The Balaban J connectivity index is 1.43. The van der Waals surface area contributed by atoms with Crippen molar-refractivity contribution < 1.29 is 23.9 Å². The van der Waals surface area contributed by atoms with Gasteiger partial charge in [0.25, 0.3) is 11.8 Å². The number of rotatable bonds is 8. The van der Waals surface area contributed by atoms with E-state index in [1.54, 1.807) is 45.0 Å². The van der Waals surface area contributed by atoms with Crippen LogP contribution in [0.15, 0.2) is 48.5 Å². The van der Waals surface area contributed by atoms with Crippen LogP contribution < -0.4 is 10.2 Å². The molecule has 2 aromatic rings. The van der Waals surface area contributed by atoms with Gasteiger partial charge in [-0.2, -0.15) is 0 Å². The Morgan fingerprint density at radius 3 is 2.08 bits per heavy atom. The van der Waals surface area contributed by atoms with E-state index in [1.165, 1.54) is 4.90 Å². The van der Waals surface area contributed by atoms with Gasteiger partial charge in [-0.3, -0.25) is 24.1 Å². The second-order valence-corrected chi connectivity index (χ2v) is 9.26. The summed E-state index contributed by atoms with van der Waals surface area (Å²) in [6.45, 7) is 8.44. The minimum Gasteiger partial charge on any atom is -0.378 e. The van der Waals surface area contributed by atoms with Crippen molar-refractivity contribution in [3.05, 3.63) is 59.7 Å². The number of morpholine rings is 1. The summed E-state index contributed by atoms with van der Waals surface area (Å²) in [7, 11) is 0. The number of hydrogen-bond donors (Lipinski definition) is 1. The summed E-state index contributed by atoms with van der Waals surface area (Å²) < 4.78 is 5.39. The molecule has 2 aromatic carbocycles. The molecule has 1 atom stereocenters. The third-order valence-electron chi connectivity index (χ3n) is 6.54. The van der Waals surface area contributed by atoms with Crippen LogP contribution in [0.5, 0.6) is 0 Å². The molecule has 9 nitrogen and oxygen atoms in total. The van der Waals surface area contributed by atoms with Crippen LogP contribution in [0.2, 0.25) is 0 Å². The van der Waals surface area contributed by atoms with Crippen molar-refractivity contribution in [2.24, 2.45) is 5.92 Å². The molecule has 1 fully saturated rings. The van der Waals surface area contributed by atoms with E-state index in [-0.39, 0.29) is 24.9 Å². The molecule has 1 N–H and O–H groups in total. The fourth-order valence-corrected chi connectivity index (χ4v) is 4.64. The third kappa shape index (κ3) is 5.11. The van der Waals surface area contributed by atoms with E-state index in [0.717, 1.165) is 23.7 Å². The Kier molecular flexibility index (Phi) is 7.69. The number of hydrogen-bond acceptors (Lipinski definition) is 6. The molecule has 4 rings (SSSR count). The SMILES string of the molecule is CCN(CC(=O)Nc1ccc(N2CCOCC2)cc1)C(=O)C(C(C)C)N1C(=O)c2ccccc2C1=O. The quantitative estimate of drug-likeness (QED) is 0.569. The minimum atomic E-state index is -1.00. The zero-order chi connectivity index (χ0) is 25.8. The molecule has 4 amide bonds. The van der Waals surface area contributed by atoms with Crippen LogP contribution >= 0.6 is 0 Å². The van der Waals surface area contributed by atoms with Crippen molar-refractivity contribution >= 4 is 35.0 Å². The third-order valence-corrected chi connectivity index (χ3v) is 6.54. The number of ether oxygens (including phenoxy) is 1. The average molecular weight is 493 g/mol. The lowest BCUT2D eigenvalue weighted by Crippen LogP contribution is -2.54. The first-order valence-corrected chi connectivity index (χ1v) is 12.3. The number of nitrogens with one attached hydrogen (secondary N) is 1. The van der Waals surface area contributed by atoms with Gasteiger partial charge in [0.15, 0.2) is 0 Å². The molecule has 190 valence electrons. The smallest absolute Gasteiger partial charge is 0.262 e. The fraction of sp³-hybridized carbons (Fsp3) is 0.407. The topological polar surface area (TPSA) is 99.3 Å². The van der Waals surface area contributed by atoms with Gasteiger partial charge in [0, 0.05) is 31.0 Å². The lowest BCUT2D eigenvalue weighted by atomic mass is 10.0. The molecule has 1 unspecified atom stereocenters. The highest BCUT2D eigenvalue weighted by Crippen LogP contribution is 2.28. The average Bonchev–Trinajstić information content (AvgIpc) is 3.13. The summed E-state index contributed by atoms with van der Waals surface area (Å²) in [6.07, 6.45) is 0. The normalized spacial score (nSPS) is 16.2. The molecule has 36 heavy (non-hydrogen) atoms. The minimum absolute atomic E-state index is 0.188. The maximum absolute atomic E-state index is 13.5. The molecule has 0 radical (unpaired) electrons. The Bertz CT molecular complexity index is 1110. The van der Waals surface area contributed by atoms with Crippen LogP contribution in [0.3, 0.4) is 0 Å². The molecular formula is C27H32N4O5. The number of benzene rings is 2. The van der Waals surface area contributed by atoms with Crippen LogP contribution in [0.1, 0.15) is 41.5 Å². The number of nitrogens with zero attached hydrogens (tertiary/aromatic N) is 3. The van der Waals surface area contributed by atoms with Gasteiger partial charge in [0.2, 0.25) is 11.8 Å². The van der Waals surface area contributed by atoms with Crippen molar-refractivity contribution in [2.45, 2.75) is 26.8 Å². The van der Waals surface area contributed by atoms with Crippen LogP contribution in [0, 0.1) is 5.92 Å². The number of anilines is 2. The summed E-state index contributed by atoms with van der Waals surface area (Å²) in [5.41, 5.74) is 2.27. The number of imide groups is 1. The molecule has 0 spiro atoms. The molecule has 0 bridgehead atoms. The lowest BCUT2D eigenvalue weighted by Gasteiger charge is -2.33. The van der Waals surface area contributed by atoms with Crippen molar-refractivity contribution in [3.8, 4) is 0 Å². The monoisotopic (exact) mass is 492 g/mol. The van der Waals surface area contributed by atoms with Crippen LogP contribution in [-0.2, 0) is 14.3 Å². The van der Waals surface area contributed by atoms with Crippen LogP contribution in [0.4, 0.5) is 11.4 Å². The molecule has 9 heteroatoms. The summed E-state index contributed by atoms with van der Waals surface area (Å²) >= 11 is 0. The van der Waals surface area contributed by atoms with E-state index in [4.69, 9.17) is 4.74 Å². The van der Waals surface area contributed by atoms with Crippen molar-refractivity contribution in [3.63, 3.8) is 0 Å². The van der Waals surface area contributed by atoms with Crippen molar-refractivity contribution in [1.82, 2.24) is 9.80 Å². The maximum Gasteiger partial charge on any atom is 0.262 e. The van der Waals surface area contributed by atoms with Gasteiger partial charge < -0.3 is 19.9 Å². The van der Waals surface area contributed by atoms with Gasteiger partial charge in [-0.05, 0) is 49.2 Å². The Labute approximate surface area is 211 Å². The molecule has 2 heterocycles. The first-order chi connectivity index (χ1) is 17.3. The largest absolute Gasteiger partial charge is 0.378 e. The summed E-state index contributed by atoms with van der Waals surface area (Å²) in [5, 5.41) is 2.84. The van der Waals surface area contributed by atoms with Gasteiger partial charge in [-0.25, -0.2) is 0 Å². The molecular weight excluding hydrogens is 460 g/mol. The van der Waals surface area contributed by atoms with Gasteiger partial charge in [0.1, 0.15) is 6.04 Å². The summed E-state index contributed by atoms with van der Waals surface area (Å²) in [6, 6.07) is 13.1. The highest BCUT2D eigenvalue weighted by atomic mass is 16.5. The lowest BCUT2D eigenvalue weighted by molar-refractivity contribution is -0.139. The number of carbonyl (C=O) groups excluding carboxylic acids is 4. The standard InChI is InChI=1S/C27H32N4O5/c1-4-29(17-23(32)28-19-9-11-20(12-10-19)30-13-15-36-16-14-30)27(35)24(18(2)3)31-25(33)21-7-5-6-8-22(21)26(31)34/h5-12,18,24H,4,13-17H2,1-3H3,(H,28,32). The molecule has 1 saturated heterocycles. The second-order valence-electron chi connectivity index (χ2n) is 9.26. The van der Waals surface area contributed by atoms with E-state index in [2.05, 4.69) is 10.2 Å². The van der Waals surface area contributed by atoms with E-state index in [9.17, 15) is 19.2 Å². The summed E-state index contributed by atoms with van der Waals surface area (Å²) in [5.74, 6) is -2.08. The number of fused-ring (bicyclic) bond motifs is 1. The zero-order valence-corrected chi connectivity index (χ0v) is 20.9. The molecule has 2 aliphatic rings. The molecule has 0 saturated carbocycles. The van der Waals surface area contributed by atoms with Gasteiger partial charge in [-0.15, -0.1) is 0 Å². The van der Waals surface area contributed by atoms with Crippen molar-refractivity contribution in [1.29, 1.82) is 0 Å². The Morgan fingerprint density at radius 1 is 0.972 bits per heavy atom. The predicted molar refractivity (Wildman–Crippen MR) is 136 cm³/mol. The van der Waals surface area contributed by atoms with E-state index < -0.39 is 23.8 Å². The van der Waals surface area contributed by atoms with Gasteiger partial charge >= 0.3 is 0 Å². The van der Waals surface area contributed by atoms with Crippen molar-refractivity contribution in [2.75, 3.05) is 49.6 Å². The number of carbonyl (C=O) groups is 4. The Hall–Kier alpha value is -3.72. The maximum atomic E-state index is 13.5. The first-order valence-electron chi connectivity index (χ1n) is 12.3. The van der Waals surface area contributed by atoms with Crippen LogP contribution in [-0.4, -0.2) is 78.9 Å². The highest BCUT2D eigenvalue weighted by Gasteiger charge is 2.45. The first kappa shape index (κ1) is 25.4. The predicted octanol–water partition coefficient (Wildman–Crippen LogP) is 2.63. The highest BCUT2D eigenvalue weighted by molar-refractivity contribution is 6.23. The Morgan fingerprint density at radius 2 is 1.56 bits per heavy atom. The van der Waals surface area contributed by atoms with E-state index in [1.807, 2.05) is 24.3 Å².